The van der Waals surface area contributed by atoms with Crippen LogP contribution in [0.15, 0.2) is 30.4 Å². The summed E-state index contributed by atoms with van der Waals surface area (Å²) in [5.74, 6) is -0.873. The summed E-state index contributed by atoms with van der Waals surface area (Å²) in [5.41, 5.74) is 0.598. The number of esters is 1. The largest absolute Gasteiger partial charge is 0.463 e. The molecule has 3 nitrogen and oxygen atoms in total. The van der Waals surface area contributed by atoms with Crippen molar-refractivity contribution in [3.05, 3.63) is 41.2 Å². The van der Waals surface area contributed by atoms with Gasteiger partial charge in [0.1, 0.15) is 5.82 Å². The molecule has 1 aromatic rings. The number of ether oxygens (including phenoxy) is 1. The molecule has 1 aromatic carbocycles. The predicted octanol–water partition coefficient (Wildman–Crippen LogP) is 3.01. The molecule has 92 valence electrons. The minimum atomic E-state index is -0.481. The molecule has 0 heterocycles. The highest BCUT2D eigenvalue weighted by atomic mass is 35.5. The molecule has 0 atom stereocenters. The van der Waals surface area contributed by atoms with Crippen molar-refractivity contribution in [1.82, 2.24) is 0 Å². The molecule has 0 saturated heterocycles. The topological polar surface area (TPSA) is 38.3 Å². The SMILES string of the molecule is CCOC(=O)/C=C/CNc1ccc(Cl)c(F)c1. The summed E-state index contributed by atoms with van der Waals surface area (Å²) >= 11 is 5.54. The first kappa shape index (κ1) is 13.5. The number of hydrogen-bond acceptors (Lipinski definition) is 3. The maximum Gasteiger partial charge on any atom is 0.330 e. The number of rotatable bonds is 5. The Morgan fingerprint density at radius 1 is 1.59 bits per heavy atom. The van der Waals surface area contributed by atoms with Gasteiger partial charge in [0, 0.05) is 18.3 Å². The second-order valence-electron chi connectivity index (χ2n) is 3.16. The van der Waals surface area contributed by atoms with Gasteiger partial charge in [-0.3, -0.25) is 0 Å². The molecule has 0 saturated carbocycles. The molecule has 5 heteroatoms. The zero-order chi connectivity index (χ0) is 12.7. The summed E-state index contributed by atoms with van der Waals surface area (Å²) in [4.78, 5) is 10.9. The first-order valence-electron chi connectivity index (χ1n) is 5.15. The Morgan fingerprint density at radius 3 is 3.00 bits per heavy atom. The first-order chi connectivity index (χ1) is 8.13. The Kier molecular flexibility index (Phi) is 5.49. The smallest absolute Gasteiger partial charge is 0.330 e. The van der Waals surface area contributed by atoms with Gasteiger partial charge in [-0.2, -0.15) is 0 Å². The molecule has 0 radical (unpaired) electrons. The van der Waals surface area contributed by atoms with Gasteiger partial charge in [-0.25, -0.2) is 9.18 Å². The lowest BCUT2D eigenvalue weighted by Gasteiger charge is -2.03. The molecule has 0 bridgehead atoms. The molecule has 17 heavy (non-hydrogen) atoms. The first-order valence-corrected chi connectivity index (χ1v) is 5.53. The lowest BCUT2D eigenvalue weighted by atomic mass is 10.3. The molecule has 0 unspecified atom stereocenters. The molecule has 1 N–H and O–H groups in total. The van der Waals surface area contributed by atoms with Gasteiger partial charge in [0.05, 0.1) is 11.6 Å². The van der Waals surface area contributed by atoms with Crippen LogP contribution in [-0.4, -0.2) is 19.1 Å². The molecule has 0 spiro atoms. The van der Waals surface area contributed by atoms with Crippen molar-refractivity contribution in [2.24, 2.45) is 0 Å². The van der Waals surface area contributed by atoms with Gasteiger partial charge in [-0.1, -0.05) is 17.7 Å². The van der Waals surface area contributed by atoms with Crippen LogP contribution in [0.2, 0.25) is 5.02 Å². The number of carbonyl (C=O) groups is 1. The van der Waals surface area contributed by atoms with E-state index in [-0.39, 0.29) is 5.02 Å². The van der Waals surface area contributed by atoms with Crippen molar-refractivity contribution in [3.8, 4) is 0 Å². The molecule has 0 aliphatic heterocycles. The average molecular weight is 258 g/mol. The second kappa shape index (κ2) is 6.91. The molecular formula is C12H13ClFNO2. The minimum absolute atomic E-state index is 0.0811. The Bertz CT molecular complexity index is 421. The van der Waals surface area contributed by atoms with E-state index in [0.717, 1.165) is 0 Å². The summed E-state index contributed by atoms with van der Waals surface area (Å²) < 4.78 is 17.8. The van der Waals surface area contributed by atoms with Crippen molar-refractivity contribution in [3.63, 3.8) is 0 Å². The molecule has 0 amide bonds. The maximum atomic E-state index is 13.1. The third-order valence-electron chi connectivity index (χ3n) is 1.88. The van der Waals surface area contributed by atoms with E-state index in [2.05, 4.69) is 5.32 Å². The van der Waals surface area contributed by atoms with Crippen LogP contribution in [-0.2, 0) is 9.53 Å². The van der Waals surface area contributed by atoms with E-state index in [1.165, 1.54) is 18.2 Å². The standard InChI is InChI=1S/C12H13ClFNO2/c1-2-17-12(16)4-3-7-15-9-5-6-10(13)11(14)8-9/h3-6,8,15H,2,7H2,1H3/b4-3+. The van der Waals surface area contributed by atoms with E-state index in [1.54, 1.807) is 19.1 Å². The van der Waals surface area contributed by atoms with Crippen molar-refractivity contribution in [2.75, 3.05) is 18.5 Å². The quantitative estimate of drug-likeness (QED) is 0.651. The summed E-state index contributed by atoms with van der Waals surface area (Å²) in [5, 5.41) is 3.00. The van der Waals surface area contributed by atoms with Crippen LogP contribution in [0.5, 0.6) is 0 Å². The van der Waals surface area contributed by atoms with Gasteiger partial charge in [-0.05, 0) is 25.1 Å². The van der Waals surface area contributed by atoms with Crippen molar-refractivity contribution in [1.29, 1.82) is 0 Å². The number of anilines is 1. The van der Waals surface area contributed by atoms with Gasteiger partial charge >= 0.3 is 5.97 Å². The number of carbonyl (C=O) groups excluding carboxylic acids is 1. The number of hydrogen-bond donors (Lipinski definition) is 1. The monoisotopic (exact) mass is 257 g/mol. The van der Waals surface area contributed by atoms with Gasteiger partial charge in [-0.15, -0.1) is 0 Å². The van der Waals surface area contributed by atoms with E-state index < -0.39 is 11.8 Å². The van der Waals surface area contributed by atoms with Gasteiger partial charge in [0.25, 0.3) is 0 Å². The van der Waals surface area contributed by atoms with Gasteiger partial charge in [0.15, 0.2) is 0 Å². The van der Waals surface area contributed by atoms with E-state index in [0.29, 0.717) is 18.8 Å². The van der Waals surface area contributed by atoms with Crippen LogP contribution in [0.4, 0.5) is 10.1 Å². The highest BCUT2D eigenvalue weighted by molar-refractivity contribution is 6.30. The Morgan fingerprint density at radius 2 is 2.35 bits per heavy atom. The van der Waals surface area contributed by atoms with Gasteiger partial charge in [0.2, 0.25) is 0 Å². The van der Waals surface area contributed by atoms with Crippen LogP contribution < -0.4 is 5.32 Å². The fraction of sp³-hybridized carbons (Fsp3) is 0.250. The summed E-state index contributed by atoms with van der Waals surface area (Å²) in [6.45, 7) is 2.49. The molecule has 0 aliphatic carbocycles. The van der Waals surface area contributed by atoms with Crippen LogP contribution in [0.3, 0.4) is 0 Å². The Labute approximate surface area is 104 Å². The number of nitrogens with one attached hydrogen (secondary N) is 1. The van der Waals surface area contributed by atoms with Crippen LogP contribution in [0.25, 0.3) is 0 Å². The van der Waals surface area contributed by atoms with E-state index in [1.807, 2.05) is 0 Å². The number of benzene rings is 1. The van der Waals surface area contributed by atoms with Crippen LogP contribution in [0, 0.1) is 5.82 Å². The van der Waals surface area contributed by atoms with E-state index in [4.69, 9.17) is 16.3 Å². The Hall–Kier alpha value is -1.55. The number of halogens is 2. The molecule has 0 aliphatic rings. The van der Waals surface area contributed by atoms with Crippen molar-refractivity contribution < 1.29 is 13.9 Å². The zero-order valence-electron chi connectivity index (χ0n) is 9.37. The predicted molar refractivity (Wildman–Crippen MR) is 65.7 cm³/mol. The summed E-state index contributed by atoms with van der Waals surface area (Å²) in [6.07, 6.45) is 2.92. The zero-order valence-corrected chi connectivity index (χ0v) is 10.1. The Balaban J connectivity index is 2.40. The van der Waals surface area contributed by atoms with Crippen molar-refractivity contribution >= 4 is 23.3 Å². The highest BCUT2D eigenvalue weighted by Crippen LogP contribution is 2.18. The molecule has 1 rings (SSSR count). The van der Waals surface area contributed by atoms with Gasteiger partial charge < -0.3 is 10.1 Å². The average Bonchev–Trinajstić information content (AvgIpc) is 2.29. The maximum absolute atomic E-state index is 13.1. The summed E-state index contributed by atoms with van der Waals surface area (Å²) in [6, 6.07) is 4.42. The molecule has 0 fully saturated rings. The third-order valence-corrected chi connectivity index (χ3v) is 2.19. The third kappa shape index (κ3) is 4.87. The highest BCUT2D eigenvalue weighted by Gasteiger charge is 1.99. The second-order valence-corrected chi connectivity index (χ2v) is 3.57. The fourth-order valence-corrected chi connectivity index (χ4v) is 1.25. The molecule has 0 aromatic heterocycles. The normalized spacial score (nSPS) is 10.5. The van der Waals surface area contributed by atoms with Crippen molar-refractivity contribution in [2.45, 2.75) is 6.92 Å². The van der Waals surface area contributed by atoms with Crippen LogP contribution in [0.1, 0.15) is 6.92 Å². The van der Waals surface area contributed by atoms with Crippen LogP contribution >= 0.6 is 11.6 Å². The van der Waals surface area contributed by atoms with E-state index >= 15 is 0 Å². The minimum Gasteiger partial charge on any atom is -0.463 e. The fourth-order valence-electron chi connectivity index (χ4n) is 1.13. The molecular weight excluding hydrogens is 245 g/mol. The summed E-state index contributed by atoms with van der Waals surface area (Å²) in [7, 11) is 0. The van der Waals surface area contributed by atoms with E-state index in [9.17, 15) is 9.18 Å². The lowest BCUT2D eigenvalue weighted by molar-refractivity contribution is -0.137. The lowest BCUT2D eigenvalue weighted by Crippen LogP contribution is -2.02.